The molecule has 0 saturated carbocycles. The highest BCUT2D eigenvalue weighted by molar-refractivity contribution is 9.10. The van der Waals surface area contributed by atoms with Crippen molar-refractivity contribution in [1.29, 1.82) is 0 Å². The Morgan fingerprint density at radius 2 is 2.38 bits per heavy atom. The molecule has 3 nitrogen and oxygen atoms in total. The highest BCUT2D eigenvalue weighted by Gasteiger charge is 2.35. The Balaban J connectivity index is 1.69. The van der Waals surface area contributed by atoms with Gasteiger partial charge in [0.25, 0.3) is 0 Å². The molecular formula is C16H22BrFN2O. The van der Waals surface area contributed by atoms with E-state index in [2.05, 4.69) is 26.1 Å². The Morgan fingerprint density at radius 3 is 3.19 bits per heavy atom. The number of morpholine rings is 1. The summed E-state index contributed by atoms with van der Waals surface area (Å²) < 4.78 is 20.3. The summed E-state index contributed by atoms with van der Waals surface area (Å²) in [6.45, 7) is 2.99. The van der Waals surface area contributed by atoms with Gasteiger partial charge in [-0.3, -0.25) is 4.90 Å². The molecule has 2 heterocycles. The van der Waals surface area contributed by atoms with E-state index in [1.807, 2.05) is 13.1 Å². The van der Waals surface area contributed by atoms with Gasteiger partial charge in [-0.05, 0) is 60.4 Å². The van der Waals surface area contributed by atoms with Crippen molar-refractivity contribution in [3.05, 3.63) is 34.1 Å². The molecule has 5 heteroatoms. The molecule has 116 valence electrons. The van der Waals surface area contributed by atoms with Gasteiger partial charge < -0.3 is 10.1 Å². The lowest BCUT2D eigenvalue weighted by atomic mass is 9.99. The van der Waals surface area contributed by atoms with Crippen LogP contribution in [0.15, 0.2) is 22.7 Å². The lowest BCUT2D eigenvalue weighted by Crippen LogP contribution is -2.54. The lowest BCUT2D eigenvalue weighted by molar-refractivity contribution is -0.0634. The van der Waals surface area contributed by atoms with E-state index in [1.165, 1.54) is 25.5 Å². The van der Waals surface area contributed by atoms with Crippen molar-refractivity contribution in [1.82, 2.24) is 10.2 Å². The fraction of sp³-hybridized carbons (Fsp3) is 0.625. The van der Waals surface area contributed by atoms with Gasteiger partial charge in [0.1, 0.15) is 5.82 Å². The average Bonchev–Trinajstić information content (AvgIpc) is 2.96. The topological polar surface area (TPSA) is 24.5 Å². The molecule has 2 saturated heterocycles. The molecule has 3 rings (SSSR count). The van der Waals surface area contributed by atoms with Gasteiger partial charge in [-0.1, -0.05) is 12.1 Å². The Kier molecular flexibility index (Phi) is 4.94. The Morgan fingerprint density at radius 1 is 1.52 bits per heavy atom. The summed E-state index contributed by atoms with van der Waals surface area (Å²) in [6.07, 6.45) is 3.46. The first kappa shape index (κ1) is 15.4. The van der Waals surface area contributed by atoms with Gasteiger partial charge in [0.2, 0.25) is 0 Å². The van der Waals surface area contributed by atoms with Gasteiger partial charge in [-0.2, -0.15) is 0 Å². The van der Waals surface area contributed by atoms with Crippen LogP contribution in [0.25, 0.3) is 0 Å². The van der Waals surface area contributed by atoms with Gasteiger partial charge in [0.15, 0.2) is 0 Å². The van der Waals surface area contributed by atoms with E-state index < -0.39 is 0 Å². The molecule has 0 spiro atoms. The maximum atomic E-state index is 13.6. The molecular weight excluding hydrogens is 335 g/mol. The summed E-state index contributed by atoms with van der Waals surface area (Å²) in [4.78, 5) is 2.54. The smallest absolute Gasteiger partial charge is 0.137 e. The summed E-state index contributed by atoms with van der Waals surface area (Å²) in [5, 5.41) is 3.35. The molecule has 0 amide bonds. The highest BCUT2D eigenvalue weighted by Crippen LogP contribution is 2.26. The monoisotopic (exact) mass is 356 g/mol. The second kappa shape index (κ2) is 6.73. The average molecular weight is 357 g/mol. The quantitative estimate of drug-likeness (QED) is 0.897. The standard InChI is InChI=1S/C16H22BrFN2O/c1-19-14(8-11-4-2-6-13(18)16(11)17)15-9-20-7-3-5-12(20)10-21-15/h2,4,6,12,14-15,19H,3,5,7-10H2,1H3. The molecule has 1 aromatic carbocycles. The fourth-order valence-electron chi connectivity index (χ4n) is 3.45. The minimum Gasteiger partial charge on any atom is -0.374 e. The Labute approximate surface area is 134 Å². The minimum atomic E-state index is -0.202. The second-order valence-electron chi connectivity index (χ2n) is 5.98. The van der Waals surface area contributed by atoms with Crippen molar-refractivity contribution < 1.29 is 9.13 Å². The van der Waals surface area contributed by atoms with E-state index >= 15 is 0 Å². The van der Waals surface area contributed by atoms with E-state index in [0.717, 1.165) is 25.1 Å². The lowest BCUT2D eigenvalue weighted by Gasteiger charge is -2.39. The maximum absolute atomic E-state index is 13.6. The van der Waals surface area contributed by atoms with E-state index in [4.69, 9.17) is 4.74 Å². The van der Waals surface area contributed by atoms with Crippen LogP contribution in [0.4, 0.5) is 4.39 Å². The van der Waals surface area contributed by atoms with Gasteiger partial charge in [0, 0.05) is 18.6 Å². The normalized spacial score (nSPS) is 27.6. The van der Waals surface area contributed by atoms with Crippen molar-refractivity contribution in [2.75, 3.05) is 26.7 Å². The fourth-order valence-corrected chi connectivity index (χ4v) is 3.87. The van der Waals surface area contributed by atoms with Gasteiger partial charge >= 0.3 is 0 Å². The van der Waals surface area contributed by atoms with Crippen molar-refractivity contribution in [3.8, 4) is 0 Å². The number of rotatable bonds is 4. The predicted molar refractivity (Wildman–Crippen MR) is 85.0 cm³/mol. The number of nitrogens with zero attached hydrogens (tertiary/aromatic N) is 1. The van der Waals surface area contributed by atoms with Gasteiger partial charge in [-0.15, -0.1) is 0 Å². The van der Waals surface area contributed by atoms with Crippen molar-refractivity contribution in [3.63, 3.8) is 0 Å². The molecule has 0 radical (unpaired) electrons. The Hall–Kier alpha value is -0.490. The number of hydrogen-bond donors (Lipinski definition) is 1. The summed E-state index contributed by atoms with van der Waals surface area (Å²) in [5.41, 5.74) is 0.987. The molecule has 0 bridgehead atoms. The molecule has 1 aromatic rings. The van der Waals surface area contributed by atoms with Crippen LogP contribution < -0.4 is 5.32 Å². The van der Waals surface area contributed by atoms with Gasteiger partial charge in [0.05, 0.1) is 17.2 Å². The van der Waals surface area contributed by atoms with Crippen LogP contribution >= 0.6 is 15.9 Å². The highest BCUT2D eigenvalue weighted by atomic mass is 79.9. The van der Waals surface area contributed by atoms with Crippen LogP contribution in [0.1, 0.15) is 18.4 Å². The number of fused-ring (bicyclic) bond motifs is 1. The molecule has 1 N–H and O–H groups in total. The molecule has 2 fully saturated rings. The number of benzene rings is 1. The van der Waals surface area contributed by atoms with E-state index in [1.54, 1.807) is 6.07 Å². The summed E-state index contributed by atoms with van der Waals surface area (Å²) in [7, 11) is 1.96. The molecule has 2 aliphatic rings. The van der Waals surface area contributed by atoms with Crippen LogP contribution in [0.2, 0.25) is 0 Å². The zero-order valence-electron chi connectivity index (χ0n) is 12.3. The molecule has 0 aliphatic carbocycles. The van der Waals surface area contributed by atoms with Crippen molar-refractivity contribution in [2.45, 2.75) is 37.5 Å². The van der Waals surface area contributed by atoms with E-state index in [0.29, 0.717) is 10.5 Å². The second-order valence-corrected chi connectivity index (χ2v) is 6.77. The number of hydrogen-bond acceptors (Lipinski definition) is 3. The van der Waals surface area contributed by atoms with Crippen LogP contribution in [0, 0.1) is 5.82 Å². The minimum absolute atomic E-state index is 0.166. The SMILES string of the molecule is CNC(Cc1cccc(F)c1Br)C1CN2CCCC2CO1. The molecule has 2 aliphatic heterocycles. The first-order valence-corrected chi connectivity index (χ1v) is 8.44. The summed E-state index contributed by atoms with van der Waals surface area (Å²) in [5.74, 6) is -0.202. The van der Waals surface area contributed by atoms with Crippen molar-refractivity contribution in [2.24, 2.45) is 0 Å². The Bertz CT molecular complexity index is 499. The van der Waals surface area contributed by atoms with Crippen LogP contribution in [0.3, 0.4) is 0 Å². The third kappa shape index (κ3) is 3.31. The third-order valence-corrected chi connectivity index (χ3v) is 5.60. The van der Waals surface area contributed by atoms with Crippen molar-refractivity contribution >= 4 is 15.9 Å². The summed E-state index contributed by atoms with van der Waals surface area (Å²) >= 11 is 3.35. The van der Waals surface area contributed by atoms with Crippen LogP contribution in [0.5, 0.6) is 0 Å². The van der Waals surface area contributed by atoms with E-state index in [-0.39, 0.29) is 18.0 Å². The van der Waals surface area contributed by atoms with Gasteiger partial charge in [-0.25, -0.2) is 4.39 Å². The largest absolute Gasteiger partial charge is 0.374 e. The molecule has 21 heavy (non-hydrogen) atoms. The predicted octanol–water partition coefficient (Wildman–Crippen LogP) is 2.58. The zero-order chi connectivity index (χ0) is 14.8. The third-order valence-electron chi connectivity index (χ3n) is 4.71. The van der Waals surface area contributed by atoms with Crippen LogP contribution in [-0.2, 0) is 11.2 Å². The first-order chi connectivity index (χ1) is 10.2. The molecule has 3 unspecified atom stereocenters. The summed E-state index contributed by atoms with van der Waals surface area (Å²) in [6, 6.07) is 6.03. The first-order valence-electron chi connectivity index (χ1n) is 7.65. The molecule has 0 aromatic heterocycles. The van der Waals surface area contributed by atoms with E-state index in [9.17, 15) is 4.39 Å². The number of nitrogens with one attached hydrogen (secondary N) is 1. The maximum Gasteiger partial charge on any atom is 0.137 e. The van der Waals surface area contributed by atoms with Crippen LogP contribution in [-0.4, -0.2) is 49.8 Å². The number of halogens is 2. The molecule has 3 atom stereocenters. The number of likely N-dealkylation sites (N-methyl/N-ethyl adjacent to an activating group) is 1. The zero-order valence-corrected chi connectivity index (χ0v) is 13.9. The number of ether oxygens (including phenoxy) is 1.